The van der Waals surface area contributed by atoms with Gasteiger partial charge in [-0.15, -0.1) is 0 Å². The van der Waals surface area contributed by atoms with Crippen molar-refractivity contribution in [1.82, 2.24) is 5.32 Å². The topological polar surface area (TPSA) is 39.7 Å². The molecule has 2 rings (SSSR count). The van der Waals surface area contributed by atoms with Crippen LogP contribution in [0.2, 0.25) is 0 Å². The highest BCUT2D eigenvalue weighted by molar-refractivity contribution is 9.10. The number of likely N-dealkylation sites (N-methyl/N-ethyl adjacent to an activating group) is 1. The molecule has 1 aromatic rings. The summed E-state index contributed by atoms with van der Waals surface area (Å²) in [6, 6.07) is 6.10. The van der Waals surface area contributed by atoms with E-state index in [2.05, 4.69) is 27.3 Å². The molecule has 1 fully saturated rings. The zero-order valence-corrected chi connectivity index (χ0v) is 12.9. The predicted octanol–water partition coefficient (Wildman–Crippen LogP) is 2.52. The van der Waals surface area contributed by atoms with Crippen LogP contribution in [0, 0.1) is 0 Å². The van der Waals surface area contributed by atoms with Crippen LogP contribution < -0.4 is 10.1 Å². The summed E-state index contributed by atoms with van der Waals surface area (Å²) >= 11 is 3.51. The monoisotopic (exact) mass is 329 g/mol. The van der Waals surface area contributed by atoms with Gasteiger partial charge in [0.25, 0.3) is 0 Å². The highest BCUT2D eigenvalue weighted by Gasteiger charge is 2.27. The average Bonchev–Trinajstić information content (AvgIpc) is 2.44. The number of hydrogen-bond donors (Lipinski definition) is 1. The van der Waals surface area contributed by atoms with Gasteiger partial charge in [-0.1, -0.05) is 15.9 Å². The lowest BCUT2D eigenvalue weighted by Gasteiger charge is -2.31. The Morgan fingerprint density at radius 1 is 1.47 bits per heavy atom. The molecule has 4 nitrogen and oxygen atoms in total. The SMILES string of the molecule is CCOc1ccc(Br)cc1C(NC)C1COCCO1. The molecule has 19 heavy (non-hydrogen) atoms. The number of nitrogens with one attached hydrogen (secondary N) is 1. The first-order chi connectivity index (χ1) is 9.26. The first kappa shape index (κ1) is 14.8. The van der Waals surface area contributed by atoms with Gasteiger partial charge in [0.2, 0.25) is 0 Å². The van der Waals surface area contributed by atoms with Crippen LogP contribution in [0.25, 0.3) is 0 Å². The van der Waals surface area contributed by atoms with Crippen molar-refractivity contribution in [3.8, 4) is 5.75 Å². The van der Waals surface area contributed by atoms with E-state index in [9.17, 15) is 0 Å². The number of benzene rings is 1. The van der Waals surface area contributed by atoms with Crippen molar-refractivity contribution >= 4 is 15.9 Å². The summed E-state index contributed by atoms with van der Waals surface area (Å²) in [5.74, 6) is 0.888. The number of halogens is 1. The minimum absolute atomic E-state index is 0.00672. The quantitative estimate of drug-likeness (QED) is 0.901. The Bertz CT molecular complexity index is 408. The molecule has 1 saturated heterocycles. The van der Waals surface area contributed by atoms with Crippen molar-refractivity contribution in [2.45, 2.75) is 19.1 Å². The molecule has 0 bridgehead atoms. The molecule has 5 heteroatoms. The highest BCUT2D eigenvalue weighted by Crippen LogP contribution is 2.32. The summed E-state index contributed by atoms with van der Waals surface area (Å²) in [6.45, 7) is 4.54. The van der Waals surface area contributed by atoms with Crippen LogP contribution in [0.5, 0.6) is 5.75 Å². The molecule has 2 atom stereocenters. The van der Waals surface area contributed by atoms with Crippen molar-refractivity contribution in [3.63, 3.8) is 0 Å². The van der Waals surface area contributed by atoms with Gasteiger partial charge < -0.3 is 19.5 Å². The Morgan fingerprint density at radius 2 is 2.32 bits per heavy atom. The van der Waals surface area contributed by atoms with Crippen LogP contribution in [-0.4, -0.2) is 39.6 Å². The van der Waals surface area contributed by atoms with E-state index in [1.165, 1.54) is 0 Å². The summed E-state index contributed by atoms with van der Waals surface area (Å²) in [6.07, 6.45) is 0.00672. The molecule has 0 amide bonds. The Morgan fingerprint density at radius 3 is 2.95 bits per heavy atom. The van der Waals surface area contributed by atoms with Gasteiger partial charge in [-0.05, 0) is 32.2 Å². The van der Waals surface area contributed by atoms with Crippen LogP contribution in [-0.2, 0) is 9.47 Å². The van der Waals surface area contributed by atoms with E-state index in [1.807, 2.05) is 26.1 Å². The van der Waals surface area contributed by atoms with E-state index < -0.39 is 0 Å². The second kappa shape index (κ2) is 7.24. The van der Waals surface area contributed by atoms with Gasteiger partial charge >= 0.3 is 0 Å². The Kier molecular flexibility index (Phi) is 5.63. The normalized spacial score (nSPS) is 21.1. The van der Waals surface area contributed by atoms with E-state index >= 15 is 0 Å². The van der Waals surface area contributed by atoms with E-state index in [1.54, 1.807) is 0 Å². The van der Waals surface area contributed by atoms with Crippen LogP contribution >= 0.6 is 15.9 Å². The van der Waals surface area contributed by atoms with Crippen LogP contribution in [0.4, 0.5) is 0 Å². The lowest BCUT2D eigenvalue weighted by molar-refractivity contribution is -0.102. The largest absolute Gasteiger partial charge is 0.494 e. The molecule has 106 valence electrons. The van der Waals surface area contributed by atoms with E-state index in [-0.39, 0.29) is 12.1 Å². The standard InChI is InChI=1S/C14H20BrNO3/c1-3-18-12-5-4-10(15)8-11(12)14(16-2)13-9-17-6-7-19-13/h4-5,8,13-14,16H,3,6-7,9H2,1-2H3. The van der Waals surface area contributed by atoms with Crippen LogP contribution in [0.3, 0.4) is 0 Å². The number of rotatable bonds is 5. The van der Waals surface area contributed by atoms with Crippen molar-refractivity contribution < 1.29 is 14.2 Å². The molecule has 1 aliphatic heterocycles. The second-order valence-electron chi connectivity index (χ2n) is 4.37. The van der Waals surface area contributed by atoms with E-state index in [0.29, 0.717) is 26.4 Å². The summed E-state index contributed by atoms with van der Waals surface area (Å²) in [5, 5.41) is 3.31. The number of hydrogen-bond acceptors (Lipinski definition) is 4. The van der Waals surface area contributed by atoms with E-state index in [0.717, 1.165) is 15.8 Å². The molecule has 1 heterocycles. The molecule has 1 aliphatic rings. The fraction of sp³-hybridized carbons (Fsp3) is 0.571. The first-order valence-electron chi connectivity index (χ1n) is 6.55. The molecule has 0 spiro atoms. The van der Waals surface area contributed by atoms with Crippen molar-refractivity contribution in [2.24, 2.45) is 0 Å². The third-order valence-electron chi connectivity index (χ3n) is 3.13. The van der Waals surface area contributed by atoms with E-state index in [4.69, 9.17) is 14.2 Å². The zero-order valence-electron chi connectivity index (χ0n) is 11.3. The minimum atomic E-state index is 0.00672. The predicted molar refractivity (Wildman–Crippen MR) is 77.7 cm³/mol. The van der Waals surface area contributed by atoms with Gasteiger partial charge in [0.05, 0.1) is 32.5 Å². The van der Waals surface area contributed by atoms with Crippen LogP contribution in [0.1, 0.15) is 18.5 Å². The first-order valence-corrected chi connectivity index (χ1v) is 7.34. The molecule has 0 radical (unpaired) electrons. The summed E-state index contributed by atoms with van der Waals surface area (Å²) in [7, 11) is 1.93. The molecule has 1 aromatic carbocycles. The fourth-order valence-electron chi connectivity index (χ4n) is 2.29. The van der Waals surface area contributed by atoms with Gasteiger partial charge in [0.15, 0.2) is 0 Å². The lowest BCUT2D eigenvalue weighted by Crippen LogP contribution is -2.39. The highest BCUT2D eigenvalue weighted by atomic mass is 79.9. The Balaban J connectivity index is 2.27. The van der Waals surface area contributed by atoms with Crippen LogP contribution in [0.15, 0.2) is 22.7 Å². The Labute approximate surface area is 122 Å². The summed E-state index contributed by atoms with van der Waals surface area (Å²) in [4.78, 5) is 0. The second-order valence-corrected chi connectivity index (χ2v) is 5.28. The molecule has 2 unspecified atom stereocenters. The summed E-state index contributed by atoms with van der Waals surface area (Å²) in [5.41, 5.74) is 1.09. The smallest absolute Gasteiger partial charge is 0.124 e. The van der Waals surface area contributed by atoms with Gasteiger partial charge in [0, 0.05) is 10.0 Å². The van der Waals surface area contributed by atoms with Gasteiger partial charge in [-0.25, -0.2) is 0 Å². The van der Waals surface area contributed by atoms with Gasteiger partial charge in [-0.3, -0.25) is 0 Å². The third kappa shape index (κ3) is 3.69. The minimum Gasteiger partial charge on any atom is -0.494 e. The molecule has 0 aromatic heterocycles. The molecular weight excluding hydrogens is 310 g/mol. The van der Waals surface area contributed by atoms with Gasteiger partial charge in [0.1, 0.15) is 11.9 Å². The fourth-order valence-corrected chi connectivity index (χ4v) is 2.67. The maximum Gasteiger partial charge on any atom is 0.124 e. The maximum atomic E-state index is 5.80. The zero-order chi connectivity index (χ0) is 13.7. The van der Waals surface area contributed by atoms with Crippen molar-refractivity contribution in [3.05, 3.63) is 28.2 Å². The average molecular weight is 330 g/mol. The Hall–Kier alpha value is -0.620. The lowest BCUT2D eigenvalue weighted by atomic mass is 10.0. The molecular formula is C14H20BrNO3. The maximum absolute atomic E-state index is 5.80. The molecule has 0 saturated carbocycles. The van der Waals surface area contributed by atoms with Crippen molar-refractivity contribution in [1.29, 1.82) is 0 Å². The summed E-state index contributed by atoms with van der Waals surface area (Å²) < 4.78 is 18.0. The number of ether oxygens (including phenoxy) is 3. The molecule has 0 aliphatic carbocycles. The van der Waals surface area contributed by atoms with Crippen molar-refractivity contribution in [2.75, 3.05) is 33.5 Å². The van der Waals surface area contributed by atoms with Gasteiger partial charge in [-0.2, -0.15) is 0 Å². The molecule has 1 N–H and O–H groups in total. The third-order valence-corrected chi connectivity index (χ3v) is 3.62.